The van der Waals surface area contributed by atoms with Crippen LogP contribution >= 0.6 is 0 Å². The van der Waals surface area contributed by atoms with Crippen molar-refractivity contribution in [3.05, 3.63) is 54.6 Å². The maximum atomic E-state index is 13.0. The molecule has 2 aromatic rings. The van der Waals surface area contributed by atoms with Crippen molar-refractivity contribution in [1.29, 1.82) is 0 Å². The fourth-order valence-corrected chi connectivity index (χ4v) is 5.44. The molecule has 164 valence electrons. The minimum Gasteiger partial charge on any atom is -0.465 e. The molecule has 0 saturated carbocycles. The van der Waals surface area contributed by atoms with Crippen molar-refractivity contribution in [3.63, 3.8) is 0 Å². The Morgan fingerprint density at radius 3 is 2.71 bits per heavy atom. The Kier molecular flexibility index (Phi) is 5.97. The molecule has 0 aliphatic carbocycles. The van der Waals surface area contributed by atoms with Gasteiger partial charge in [-0.05, 0) is 55.6 Å². The van der Waals surface area contributed by atoms with Gasteiger partial charge in [0.2, 0.25) is 5.91 Å². The van der Waals surface area contributed by atoms with E-state index >= 15 is 0 Å². The first kappa shape index (κ1) is 21.3. The highest BCUT2D eigenvalue weighted by molar-refractivity contribution is 7.92. The summed E-state index contributed by atoms with van der Waals surface area (Å²) in [6, 6.07) is 14.6. The van der Waals surface area contributed by atoms with Crippen LogP contribution in [0, 0.1) is 5.92 Å². The number of hydrogen-bond donors (Lipinski definition) is 1. The Hall–Kier alpha value is -2.91. The number of amides is 1. The van der Waals surface area contributed by atoms with Crippen molar-refractivity contribution in [2.75, 3.05) is 36.4 Å². The van der Waals surface area contributed by atoms with Gasteiger partial charge in [-0.3, -0.25) is 18.8 Å². The van der Waals surface area contributed by atoms with Crippen molar-refractivity contribution in [3.8, 4) is 0 Å². The molecule has 0 radical (unpaired) electrons. The molecule has 0 bridgehead atoms. The molecule has 2 saturated heterocycles. The average Bonchev–Trinajstić information content (AvgIpc) is 3.18. The largest absolute Gasteiger partial charge is 0.465 e. The lowest BCUT2D eigenvalue weighted by atomic mass is 9.95. The minimum absolute atomic E-state index is 0.0527. The standard InChI is InChI=1S/C22H25N3O5S/c1-24(18-7-3-2-4-8-18)31(28,29)19-9-5-6-17(14-19)23-20(26)15-25-12-10-16-11-13-30-22(27)21(16)25/h2-9,14,16,21H,10-13,15H2,1H3,(H,23,26)/t16-,21+/m1/s1. The van der Waals surface area contributed by atoms with Gasteiger partial charge in [-0.1, -0.05) is 24.3 Å². The smallest absolute Gasteiger partial charge is 0.323 e. The van der Waals surface area contributed by atoms with Gasteiger partial charge in [-0.25, -0.2) is 8.42 Å². The number of hydrogen-bond acceptors (Lipinski definition) is 6. The van der Waals surface area contributed by atoms with Crippen LogP contribution in [0.2, 0.25) is 0 Å². The highest BCUT2D eigenvalue weighted by Gasteiger charge is 2.43. The topological polar surface area (TPSA) is 96.0 Å². The number of nitrogens with zero attached hydrogens (tertiary/aromatic N) is 2. The summed E-state index contributed by atoms with van der Waals surface area (Å²) < 4.78 is 32.3. The predicted molar refractivity (Wildman–Crippen MR) is 116 cm³/mol. The fraction of sp³-hybridized carbons (Fsp3) is 0.364. The Bertz CT molecular complexity index is 1070. The first-order valence-corrected chi connectivity index (χ1v) is 11.6. The zero-order valence-corrected chi connectivity index (χ0v) is 18.0. The molecule has 0 spiro atoms. The quantitative estimate of drug-likeness (QED) is 0.687. The predicted octanol–water partition coefficient (Wildman–Crippen LogP) is 2.09. The second-order valence-corrected chi connectivity index (χ2v) is 9.77. The molecule has 0 aromatic heterocycles. The maximum absolute atomic E-state index is 13.0. The molecule has 0 unspecified atom stereocenters. The van der Waals surface area contributed by atoms with Crippen LogP contribution in [0.3, 0.4) is 0 Å². The van der Waals surface area contributed by atoms with E-state index in [1.165, 1.54) is 23.5 Å². The molecule has 4 rings (SSSR count). The number of likely N-dealkylation sites (tertiary alicyclic amines) is 1. The summed E-state index contributed by atoms with van der Waals surface area (Å²) in [7, 11) is -2.30. The number of fused-ring (bicyclic) bond motifs is 1. The molecule has 2 fully saturated rings. The molecule has 1 N–H and O–H groups in total. The number of carbonyl (C=O) groups excluding carboxylic acids is 2. The summed E-state index contributed by atoms with van der Waals surface area (Å²) in [4.78, 5) is 26.6. The first-order chi connectivity index (χ1) is 14.9. The first-order valence-electron chi connectivity index (χ1n) is 10.2. The zero-order chi connectivity index (χ0) is 22.0. The van der Waals surface area contributed by atoms with E-state index in [0.717, 1.165) is 12.8 Å². The number of ether oxygens (including phenoxy) is 1. The molecule has 8 nitrogen and oxygen atoms in total. The van der Waals surface area contributed by atoms with Crippen LogP contribution in [0.4, 0.5) is 11.4 Å². The number of esters is 1. The van der Waals surface area contributed by atoms with Gasteiger partial charge in [0.05, 0.1) is 23.7 Å². The van der Waals surface area contributed by atoms with Crippen LogP contribution in [-0.2, 0) is 24.3 Å². The lowest BCUT2D eigenvalue weighted by molar-refractivity contribution is -0.155. The number of nitrogens with one attached hydrogen (secondary N) is 1. The van der Waals surface area contributed by atoms with E-state index in [9.17, 15) is 18.0 Å². The van der Waals surface area contributed by atoms with E-state index < -0.39 is 10.0 Å². The van der Waals surface area contributed by atoms with Gasteiger partial charge >= 0.3 is 5.97 Å². The van der Waals surface area contributed by atoms with Crippen molar-refractivity contribution in [1.82, 2.24) is 4.90 Å². The third-order valence-electron chi connectivity index (χ3n) is 5.84. The van der Waals surface area contributed by atoms with Gasteiger partial charge in [-0.2, -0.15) is 0 Å². The fourth-order valence-electron chi connectivity index (χ4n) is 4.20. The third kappa shape index (κ3) is 4.42. The van der Waals surface area contributed by atoms with Gasteiger partial charge in [0.25, 0.3) is 10.0 Å². The summed E-state index contributed by atoms with van der Waals surface area (Å²) in [5.41, 5.74) is 0.925. The summed E-state index contributed by atoms with van der Waals surface area (Å²) in [6.07, 6.45) is 1.69. The number of para-hydroxylation sites is 1. The maximum Gasteiger partial charge on any atom is 0.323 e. The molecule has 2 aliphatic rings. The zero-order valence-electron chi connectivity index (χ0n) is 17.2. The molecule has 2 aliphatic heterocycles. The van der Waals surface area contributed by atoms with Crippen LogP contribution in [0.1, 0.15) is 12.8 Å². The normalized spacial score (nSPS) is 21.3. The second kappa shape index (κ2) is 8.68. The van der Waals surface area contributed by atoms with Gasteiger partial charge in [0.1, 0.15) is 6.04 Å². The molecule has 2 aromatic carbocycles. The van der Waals surface area contributed by atoms with Crippen molar-refractivity contribution >= 4 is 33.3 Å². The molecule has 9 heteroatoms. The highest BCUT2D eigenvalue weighted by atomic mass is 32.2. The van der Waals surface area contributed by atoms with Crippen LogP contribution in [0.5, 0.6) is 0 Å². The number of cyclic esters (lactones) is 1. The second-order valence-electron chi connectivity index (χ2n) is 7.80. The number of rotatable bonds is 6. The van der Waals surface area contributed by atoms with Gasteiger partial charge in [0.15, 0.2) is 0 Å². The van der Waals surface area contributed by atoms with E-state index in [4.69, 9.17) is 4.74 Å². The van der Waals surface area contributed by atoms with E-state index in [-0.39, 0.29) is 35.3 Å². The molecule has 2 heterocycles. The third-order valence-corrected chi connectivity index (χ3v) is 7.63. The monoisotopic (exact) mass is 443 g/mol. The SMILES string of the molecule is CN(c1ccccc1)S(=O)(=O)c1cccc(NC(=O)CN2CC[C@@H]3CCOC(=O)[C@H]32)c1. The van der Waals surface area contributed by atoms with Crippen molar-refractivity contribution in [2.24, 2.45) is 5.92 Å². The number of benzene rings is 2. The van der Waals surface area contributed by atoms with Crippen LogP contribution in [0.15, 0.2) is 59.5 Å². The number of anilines is 2. The van der Waals surface area contributed by atoms with Crippen LogP contribution < -0.4 is 9.62 Å². The molecular formula is C22H25N3O5S. The summed E-state index contributed by atoms with van der Waals surface area (Å²) in [5.74, 6) is -0.334. The minimum atomic E-state index is -3.79. The average molecular weight is 444 g/mol. The molecule has 2 atom stereocenters. The summed E-state index contributed by atoms with van der Waals surface area (Å²) in [5, 5.41) is 2.75. The van der Waals surface area contributed by atoms with Crippen LogP contribution in [-0.4, -0.2) is 58.0 Å². The van der Waals surface area contributed by atoms with E-state index in [0.29, 0.717) is 24.5 Å². The van der Waals surface area contributed by atoms with E-state index in [2.05, 4.69) is 5.32 Å². The number of carbonyl (C=O) groups is 2. The molecule has 1 amide bonds. The van der Waals surface area contributed by atoms with Crippen molar-refractivity contribution in [2.45, 2.75) is 23.8 Å². The lowest BCUT2D eigenvalue weighted by Gasteiger charge is -2.29. The summed E-state index contributed by atoms with van der Waals surface area (Å²) >= 11 is 0. The highest BCUT2D eigenvalue weighted by Crippen LogP contribution is 2.31. The number of sulfonamides is 1. The lowest BCUT2D eigenvalue weighted by Crippen LogP contribution is -2.46. The van der Waals surface area contributed by atoms with Gasteiger partial charge in [-0.15, -0.1) is 0 Å². The Balaban J connectivity index is 1.45. The Morgan fingerprint density at radius 2 is 1.94 bits per heavy atom. The van der Waals surface area contributed by atoms with Gasteiger partial charge < -0.3 is 10.1 Å². The van der Waals surface area contributed by atoms with E-state index in [1.807, 2.05) is 11.0 Å². The molecule has 31 heavy (non-hydrogen) atoms. The molecular weight excluding hydrogens is 418 g/mol. The van der Waals surface area contributed by atoms with Crippen LogP contribution in [0.25, 0.3) is 0 Å². The van der Waals surface area contributed by atoms with E-state index in [1.54, 1.807) is 36.4 Å². The summed E-state index contributed by atoms with van der Waals surface area (Å²) in [6.45, 7) is 1.16. The van der Waals surface area contributed by atoms with Gasteiger partial charge in [0, 0.05) is 12.7 Å². The Labute approximate surface area is 181 Å². The Morgan fingerprint density at radius 1 is 1.16 bits per heavy atom. The van der Waals surface area contributed by atoms with Crippen molar-refractivity contribution < 1.29 is 22.7 Å².